The first-order chi connectivity index (χ1) is 8.00. The minimum absolute atomic E-state index is 0. The van der Waals surface area contributed by atoms with Crippen molar-refractivity contribution < 1.29 is 8.42 Å². The normalized spacial score (nSPS) is 21.3. The van der Waals surface area contributed by atoms with Crippen LogP contribution < -0.4 is 5.73 Å². The van der Waals surface area contributed by atoms with E-state index in [4.69, 9.17) is 17.3 Å². The van der Waals surface area contributed by atoms with Crippen molar-refractivity contribution in [2.24, 2.45) is 5.73 Å². The van der Waals surface area contributed by atoms with Gasteiger partial charge in [0.1, 0.15) is 4.90 Å². The van der Waals surface area contributed by atoms with Gasteiger partial charge in [-0.25, -0.2) is 8.42 Å². The van der Waals surface area contributed by atoms with Gasteiger partial charge in [-0.05, 0) is 18.9 Å². The Balaban J connectivity index is 0.00000162. The van der Waals surface area contributed by atoms with Crippen molar-refractivity contribution in [2.45, 2.75) is 23.8 Å². The topological polar surface area (TPSA) is 76.3 Å². The second-order valence-corrected chi connectivity index (χ2v) is 6.48. The van der Waals surface area contributed by atoms with Gasteiger partial charge in [0.15, 0.2) is 0 Å². The number of halogens is 2. The third-order valence-electron chi connectivity index (χ3n) is 2.74. The quantitative estimate of drug-likeness (QED) is 0.892. The maximum absolute atomic E-state index is 12.3. The van der Waals surface area contributed by atoms with Gasteiger partial charge in [0.05, 0.1) is 5.02 Å². The monoisotopic (exact) mass is 311 g/mol. The highest BCUT2D eigenvalue weighted by molar-refractivity contribution is 7.89. The van der Waals surface area contributed by atoms with Crippen LogP contribution in [0.2, 0.25) is 5.02 Å². The third-order valence-corrected chi connectivity index (χ3v) is 4.78. The molecule has 8 heteroatoms. The Morgan fingerprint density at radius 1 is 1.44 bits per heavy atom. The molecule has 2 N–H and O–H groups in total. The van der Waals surface area contributed by atoms with Crippen molar-refractivity contribution in [1.82, 2.24) is 9.29 Å². The van der Waals surface area contributed by atoms with Gasteiger partial charge >= 0.3 is 0 Å². The van der Waals surface area contributed by atoms with E-state index < -0.39 is 10.0 Å². The highest BCUT2D eigenvalue weighted by atomic mass is 35.5. The Morgan fingerprint density at radius 3 is 2.78 bits per heavy atom. The van der Waals surface area contributed by atoms with Crippen LogP contribution in [0.4, 0.5) is 0 Å². The first kappa shape index (κ1) is 15.7. The molecular formula is C10H15Cl2N3O2S. The summed E-state index contributed by atoms with van der Waals surface area (Å²) in [6, 6.07) is 1.31. The molecule has 1 aliphatic heterocycles. The predicted octanol–water partition coefficient (Wildman–Crippen LogP) is 1.27. The molecule has 5 nitrogen and oxygen atoms in total. The molecule has 1 aliphatic rings. The molecule has 18 heavy (non-hydrogen) atoms. The lowest BCUT2D eigenvalue weighted by Crippen LogP contribution is -2.45. The Hall–Kier alpha value is -0.400. The largest absolute Gasteiger partial charge is 0.327 e. The number of sulfonamides is 1. The zero-order valence-corrected chi connectivity index (χ0v) is 12.0. The van der Waals surface area contributed by atoms with Crippen molar-refractivity contribution >= 4 is 34.0 Å². The van der Waals surface area contributed by atoms with E-state index in [1.165, 1.54) is 22.8 Å². The van der Waals surface area contributed by atoms with E-state index in [0.717, 1.165) is 12.8 Å². The van der Waals surface area contributed by atoms with Crippen LogP contribution in [0.25, 0.3) is 0 Å². The molecule has 0 spiro atoms. The second-order valence-electron chi connectivity index (χ2n) is 4.10. The van der Waals surface area contributed by atoms with Gasteiger partial charge in [-0.2, -0.15) is 4.31 Å². The van der Waals surface area contributed by atoms with Crippen molar-refractivity contribution in [1.29, 1.82) is 0 Å². The molecule has 0 radical (unpaired) electrons. The molecular weight excluding hydrogens is 297 g/mol. The van der Waals surface area contributed by atoms with Crippen LogP contribution in [0.15, 0.2) is 23.4 Å². The summed E-state index contributed by atoms with van der Waals surface area (Å²) >= 11 is 5.75. The van der Waals surface area contributed by atoms with Crippen LogP contribution in [-0.2, 0) is 10.0 Å². The van der Waals surface area contributed by atoms with E-state index in [1.807, 2.05) is 0 Å². The zero-order chi connectivity index (χ0) is 12.5. The maximum Gasteiger partial charge on any atom is 0.244 e. The van der Waals surface area contributed by atoms with Gasteiger partial charge in [-0.3, -0.25) is 4.98 Å². The molecule has 1 aromatic rings. The van der Waals surface area contributed by atoms with Gasteiger partial charge in [-0.1, -0.05) is 11.6 Å². The van der Waals surface area contributed by atoms with Crippen molar-refractivity contribution in [2.75, 3.05) is 13.1 Å². The summed E-state index contributed by atoms with van der Waals surface area (Å²) in [7, 11) is -3.51. The van der Waals surface area contributed by atoms with Crippen molar-refractivity contribution in [3.63, 3.8) is 0 Å². The zero-order valence-electron chi connectivity index (χ0n) is 9.62. The minimum atomic E-state index is -3.51. The van der Waals surface area contributed by atoms with Crippen LogP contribution >= 0.6 is 24.0 Å². The standard InChI is InChI=1S/C10H14ClN3O2S.ClH/c11-8-4-10(6-13-5-8)17(15,16)14-3-1-2-9(12)7-14;/h4-6,9H,1-3,7,12H2;1H. The Kier molecular flexibility index (Phi) is 5.36. The van der Waals surface area contributed by atoms with Crippen LogP contribution in [0, 0.1) is 0 Å². The molecule has 1 fully saturated rings. The molecule has 1 aromatic heterocycles. The number of pyridine rings is 1. The SMILES string of the molecule is Cl.NC1CCCN(S(=O)(=O)c2cncc(Cl)c2)C1. The summed E-state index contributed by atoms with van der Waals surface area (Å²) in [5, 5.41) is 0.312. The smallest absolute Gasteiger partial charge is 0.244 e. The molecule has 0 amide bonds. The van der Waals surface area contributed by atoms with Gasteiger partial charge in [0.2, 0.25) is 10.0 Å². The molecule has 0 aliphatic carbocycles. The molecule has 1 unspecified atom stereocenters. The number of nitrogens with two attached hydrogens (primary N) is 1. The molecule has 102 valence electrons. The predicted molar refractivity (Wildman–Crippen MR) is 72.5 cm³/mol. The van der Waals surface area contributed by atoms with Gasteiger partial charge < -0.3 is 5.73 Å². The highest BCUT2D eigenvalue weighted by Crippen LogP contribution is 2.21. The first-order valence-electron chi connectivity index (χ1n) is 5.36. The lowest BCUT2D eigenvalue weighted by atomic mass is 10.1. The fourth-order valence-electron chi connectivity index (χ4n) is 1.87. The average Bonchev–Trinajstić information content (AvgIpc) is 2.29. The number of rotatable bonds is 2. The number of nitrogens with zero attached hydrogens (tertiary/aromatic N) is 2. The molecule has 1 saturated heterocycles. The van der Waals surface area contributed by atoms with E-state index in [0.29, 0.717) is 18.1 Å². The van der Waals surface area contributed by atoms with Crippen LogP contribution in [0.1, 0.15) is 12.8 Å². The maximum atomic E-state index is 12.3. The highest BCUT2D eigenvalue weighted by Gasteiger charge is 2.29. The lowest BCUT2D eigenvalue weighted by molar-refractivity contribution is 0.316. The minimum Gasteiger partial charge on any atom is -0.327 e. The van der Waals surface area contributed by atoms with Gasteiger partial charge in [-0.15, -0.1) is 12.4 Å². The van der Waals surface area contributed by atoms with E-state index >= 15 is 0 Å². The Labute approximate surface area is 118 Å². The molecule has 1 atom stereocenters. The Bertz CT molecular complexity index is 510. The second kappa shape index (κ2) is 6.16. The summed E-state index contributed by atoms with van der Waals surface area (Å²) in [6.45, 7) is 0.859. The summed E-state index contributed by atoms with van der Waals surface area (Å²) < 4.78 is 25.9. The number of aromatic nitrogens is 1. The number of hydrogen-bond donors (Lipinski definition) is 1. The van der Waals surface area contributed by atoms with Gasteiger partial charge in [0, 0.05) is 31.5 Å². The third kappa shape index (κ3) is 3.33. The van der Waals surface area contributed by atoms with Gasteiger partial charge in [0.25, 0.3) is 0 Å². The molecule has 2 rings (SSSR count). The van der Waals surface area contributed by atoms with Crippen LogP contribution in [0.5, 0.6) is 0 Å². The molecule has 0 saturated carbocycles. The van der Waals surface area contributed by atoms with E-state index in [-0.39, 0.29) is 23.3 Å². The van der Waals surface area contributed by atoms with Crippen molar-refractivity contribution in [3.05, 3.63) is 23.5 Å². The average molecular weight is 312 g/mol. The van der Waals surface area contributed by atoms with Crippen LogP contribution in [-0.4, -0.2) is 36.8 Å². The lowest BCUT2D eigenvalue weighted by Gasteiger charge is -2.29. The molecule has 0 bridgehead atoms. The summed E-state index contributed by atoms with van der Waals surface area (Å²) in [4.78, 5) is 3.92. The first-order valence-corrected chi connectivity index (χ1v) is 7.18. The summed E-state index contributed by atoms with van der Waals surface area (Å²) in [5.41, 5.74) is 5.78. The number of piperidine rings is 1. The van der Waals surface area contributed by atoms with E-state index in [1.54, 1.807) is 0 Å². The fraction of sp³-hybridized carbons (Fsp3) is 0.500. The summed E-state index contributed by atoms with van der Waals surface area (Å²) in [6.07, 6.45) is 4.36. The molecule has 2 heterocycles. The van der Waals surface area contributed by atoms with E-state index in [2.05, 4.69) is 4.98 Å². The van der Waals surface area contributed by atoms with E-state index in [9.17, 15) is 8.42 Å². The van der Waals surface area contributed by atoms with Crippen LogP contribution in [0.3, 0.4) is 0 Å². The molecule has 0 aromatic carbocycles. The fourth-order valence-corrected chi connectivity index (χ4v) is 3.64. The number of hydrogen-bond acceptors (Lipinski definition) is 4. The Morgan fingerprint density at radius 2 is 2.17 bits per heavy atom. The van der Waals surface area contributed by atoms with Crippen molar-refractivity contribution in [3.8, 4) is 0 Å². The summed E-state index contributed by atoms with van der Waals surface area (Å²) in [5.74, 6) is 0.